The second-order valence-electron chi connectivity index (χ2n) is 1.93. The second-order valence-corrected chi connectivity index (χ2v) is 3.81. The highest BCUT2D eigenvalue weighted by Gasteiger charge is 2.48. The molecule has 1 aliphatic heterocycles. The zero-order valence-corrected chi connectivity index (χ0v) is 6.90. The summed E-state index contributed by atoms with van der Waals surface area (Å²) in [6.07, 6.45) is -1.83. The lowest BCUT2D eigenvalue weighted by Gasteiger charge is -2.13. The van der Waals surface area contributed by atoms with E-state index in [4.69, 9.17) is 0 Å². The highest BCUT2D eigenvalue weighted by molar-refractivity contribution is 8.23. The van der Waals surface area contributed by atoms with E-state index in [1.54, 1.807) is 6.92 Å². The molecule has 0 aromatic heterocycles. The number of hydrogen-bond acceptors (Lipinski definition) is 3. The topological polar surface area (TPSA) is 9.23 Å². The lowest BCUT2D eigenvalue weighted by Crippen LogP contribution is -2.25. The fourth-order valence-corrected chi connectivity index (χ4v) is 1.81. The molecule has 1 fully saturated rings. The number of halogens is 2. The van der Waals surface area contributed by atoms with Crippen LogP contribution in [0.25, 0.3) is 0 Å². The standard InChI is InChI=1S/C5H6F2OS2/c1-2-5(7)3(6)8-4(9)10-5/h3H,2H2,1H3. The van der Waals surface area contributed by atoms with Crippen LogP contribution < -0.4 is 0 Å². The lowest BCUT2D eigenvalue weighted by molar-refractivity contribution is -0.0182. The maximum atomic E-state index is 13.1. The first kappa shape index (κ1) is 8.20. The molecule has 58 valence electrons. The Kier molecular flexibility index (Phi) is 2.15. The number of hydrogen-bond donors (Lipinski definition) is 0. The molecule has 0 spiro atoms. The number of alkyl halides is 2. The van der Waals surface area contributed by atoms with Crippen molar-refractivity contribution < 1.29 is 13.5 Å². The SMILES string of the molecule is CCC1(F)SC(=S)OC1F. The number of rotatable bonds is 1. The predicted molar refractivity (Wildman–Crippen MR) is 40.3 cm³/mol. The molecule has 1 saturated heterocycles. The molecule has 0 bridgehead atoms. The number of ether oxygens (including phenoxy) is 1. The minimum absolute atomic E-state index is 0.0446. The molecule has 0 aromatic rings. The van der Waals surface area contributed by atoms with Gasteiger partial charge >= 0.3 is 0 Å². The Morgan fingerprint density at radius 3 is 2.70 bits per heavy atom. The van der Waals surface area contributed by atoms with Crippen LogP contribution in [0.4, 0.5) is 8.78 Å². The van der Waals surface area contributed by atoms with Crippen molar-refractivity contribution >= 4 is 28.4 Å². The van der Waals surface area contributed by atoms with Gasteiger partial charge in [0.1, 0.15) is 0 Å². The van der Waals surface area contributed by atoms with Crippen molar-refractivity contribution in [1.82, 2.24) is 0 Å². The van der Waals surface area contributed by atoms with Gasteiger partial charge in [-0.25, -0.2) is 4.39 Å². The molecular formula is C5H6F2OS2. The highest BCUT2D eigenvalue weighted by atomic mass is 32.2. The third kappa shape index (κ3) is 1.25. The first-order chi connectivity index (χ1) is 4.58. The van der Waals surface area contributed by atoms with E-state index in [2.05, 4.69) is 17.0 Å². The molecule has 5 heteroatoms. The van der Waals surface area contributed by atoms with E-state index in [1.165, 1.54) is 0 Å². The summed E-state index contributed by atoms with van der Waals surface area (Å²) in [6, 6.07) is 0. The van der Waals surface area contributed by atoms with Crippen molar-refractivity contribution in [2.75, 3.05) is 0 Å². The van der Waals surface area contributed by atoms with Gasteiger partial charge in [0.25, 0.3) is 6.36 Å². The smallest absolute Gasteiger partial charge is 0.283 e. The summed E-state index contributed by atoms with van der Waals surface area (Å²) in [7, 11) is 0. The zero-order valence-electron chi connectivity index (χ0n) is 5.27. The molecule has 0 aliphatic carbocycles. The molecule has 10 heavy (non-hydrogen) atoms. The predicted octanol–water partition coefficient (Wildman–Crippen LogP) is 2.41. The first-order valence-corrected chi connectivity index (χ1v) is 4.03. The first-order valence-electron chi connectivity index (χ1n) is 2.81. The molecule has 1 aliphatic rings. The van der Waals surface area contributed by atoms with Gasteiger partial charge in [-0.3, -0.25) is 0 Å². The van der Waals surface area contributed by atoms with Gasteiger partial charge in [0, 0.05) is 0 Å². The van der Waals surface area contributed by atoms with E-state index in [0.29, 0.717) is 11.8 Å². The highest BCUT2D eigenvalue weighted by Crippen LogP contribution is 2.43. The Morgan fingerprint density at radius 2 is 2.50 bits per heavy atom. The maximum Gasteiger partial charge on any atom is 0.283 e. The third-order valence-corrected chi connectivity index (χ3v) is 2.70. The largest absolute Gasteiger partial charge is 0.440 e. The van der Waals surface area contributed by atoms with Gasteiger partial charge in [-0.1, -0.05) is 6.92 Å². The van der Waals surface area contributed by atoms with Gasteiger partial charge < -0.3 is 4.74 Å². The van der Waals surface area contributed by atoms with Crippen molar-refractivity contribution in [1.29, 1.82) is 0 Å². The van der Waals surface area contributed by atoms with Crippen LogP contribution in [-0.2, 0) is 4.74 Å². The summed E-state index contributed by atoms with van der Waals surface area (Å²) >= 11 is 5.12. The summed E-state index contributed by atoms with van der Waals surface area (Å²) in [5.41, 5.74) is 0. The fourth-order valence-electron chi connectivity index (χ4n) is 0.614. The van der Waals surface area contributed by atoms with Crippen LogP contribution in [0.5, 0.6) is 0 Å². The van der Waals surface area contributed by atoms with Gasteiger partial charge in [-0.15, -0.1) is 0 Å². The summed E-state index contributed by atoms with van der Waals surface area (Å²) in [5, 5.41) is -1.95. The normalized spacial score (nSPS) is 39.9. The van der Waals surface area contributed by atoms with Gasteiger partial charge in [0.15, 0.2) is 0 Å². The molecule has 1 nitrogen and oxygen atoms in total. The van der Waals surface area contributed by atoms with Crippen LogP contribution in [0.15, 0.2) is 0 Å². The maximum absolute atomic E-state index is 13.1. The van der Waals surface area contributed by atoms with E-state index in [-0.39, 0.29) is 10.8 Å². The van der Waals surface area contributed by atoms with Crippen LogP contribution in [0.2, 0.25) is 0 Å². The van der Waals surface area contributed by atoms with Crippen molar-refractivity contribution in [3.63, 3.8) is 0 Å². The third-order valence-electron chi connectivity index (χ3n) is 1.27. The molecule has 1 rings (SSSR count). The Labute approximate surface area is 67.1 Å². The molecule has 0 amide bonds. The van der Waals surface area contributed by atoms with E-state index in [1.807, 2.05) is 0 Å². The summed E-state index contributed by atoms with van der Waals surface area (Å²) < 4.78 is 29.9. The summed E-state index contributed by atoms with van der Waals surface area (Å²) in [6.45, 7) is 1.55. The Bertz CT molecular complexity index is 164. The quantitative estimate of drug-likeness (QED) is 0.579. The molecule has 0 saturated carbocycles. The Morgan fingerprint density at radius 1 is 1.90 bits per heavy atom. The van der Waals surface area contributed by atoms with E-state index in [9.17, 15) is 8.78 Å². The van der Waals surface area contributed by atoms with E-state index < -0.39 is 11.4 Å². The van der Waals surface area contributed by atoms with Crippen LogP contribution >= 0.6 is 24.0 Å². The van der Waals surface area contributed by atoms with E-state index >= 15 is 0 Å². The van der Waals surface area contributed by atoms with Gasteiger partial charge in [-0.2, -0.15) is 4.39 Å². The fraction of sp³-hybridized carbons (Fsp3) is 0.800. The van der Waals surface area contributed by atoms with Crippen LogP contribution in [0.1, 0.15) is 13.3 Å². The van der Waals surface area contributed by atoms with Crippen molar-refractivity contribution in [2.24, 2.45) is 0 Å². The zero-order chi connectivity index (χ0) is 7.78. The Hall–Kier alpha value is 0.100. The average molecular weight is 184 g/mol. The molecule has 0 radical (unpaired) electrons. The molecular weight excluding hydrogens is 178 g/mol. The minimum atomic E-state index is -1.95. The number of thiocarbonyl (C=S) groups is 1. The Balaban J connectivity index is 2.70. The number of thioether (sulfide) groups is 1. The molecule has 2 atom stereocenters. The van der Waals surface area contributed by atoms with Crippen LogP contribution in [0, 0.1) is 0 Å². The van der Waals surface area contributed by atoms with E-state index in [0.717, 1.165) is 0 Å². The minimum Gasteiger partial charge on any atom is -0.440 e. The van der Waals surface area contributed by atoms with Crippen LogP contribution in [-0.4, -0.2) is 15.7 Å². The summed E-state index contributed by atoms with van der Waals surface area (Å²) in [5.74, 6) is 0. The van der Waals surface area contributed by atoms with Crippen molar-refractivity contribution in [3.05, 3.63) is 0 Å². The molecule has 2 unspecified atom stereocenters. The van der Waals surface area contributed by atoms with Crippen molar-refractivity contribution in [2.45, 2.75) is 24.7 Å². The summed E-state index contributed by atoms with van der Waals surface area (Å²) in [4.78, 5) is 0. The van der Waals surface area contributed by atoms with Gasteiger partial charge in [0.05, 0.1) is 0 Å². The second kappa shape index (κ2) is 2.62. The van der Waals surface area contributed by atoms with Gasteiger partial charge in [0.2, 0.25) is 9.38 Å². The van der Waals surface area contributed by atoms with Crippen molar-refractivity contribution in [3.8, 4) is 0 Å². The lowest BCUT2D eigenvalue weighted by atomic mass is 10.3. The van der Waals surface area contributed by atoms with Crippen LogP contribution in [0.3, 0.4) is 0 Å². The molecule has 0 N–H and O–H groups in total. The monoisotopic (exact) mass is 184 g/mol. The molecule has 1 heterocycles. The average Bonchev–Trinajstić information content (AvgIpc) is 2.09. The molecule has 0 aromatic carbocycles. The van der Waals surface area contributed by atoms with Gasteiger partial charge in [-0.05, 0) is 30.4 Å².